The summed E-state index contributed by atoms with van der Waals surface area (Å²) in [5, 5.41) is 18.0. The fourth-order valence-electron chi connectivity index (χ4n) is 4.68. The average Bonchev–Trinajstić information content (AvgIpc) is 3.23. The van der Waals surface area contributed by atoms with E-state index in [0.717, 1.165) is 22.9 Å². The van der Waals surface area contributed by atoms with Crippen LogP contribution in [0.5, 0.6) is 0 Å². The van der Waals surface area contributed by atoms with Crippen LogP contribution in [0.2, 0.25) is 0 Å². The van der Waals surface area contributed by atoms with Gasteiger partial charge in [0, 0.05) is 12.6 Å². The summed E-state index contributed by atoms with van der Waals surface area (Å²) in [5.74, 6) is -2.31. The lowest BCUT2D eigenvalue weighted by molar-refractivity contribution is -0.137. The summed E-state index contributed by atoms with van der Waals surface area (Å²) in [5.41, 5.74) is 9.96. The summed E-state index contributed by atoms with van der Waals surface area (Å²) in [6, 6.07) is 10.6. The number of ether oxygens (including phenoxy) is 1. The van der Waals surface area contributed by atoms with Crippen LogP contribution in [0.25, 0.3) is 0 Å². The summed E-state index contributed by atoms with van der Waals surface area (Å²) in [6.07, 6.45) is 0.739. The molecule has 2 heterocycles. The van der Waals surface area contributed by atoms with Crippen LogP contribution in [0.4, 0.5) is 15.3 Å². The molecule has 0 aromatic heterocycles. The molecule has 2 aromatic rings. The van der Waals surface area contributed by atoms with Gasteiger partial charge in [-0.1, -0.05) is 48.5 Å². The quantitative estimate of drug-likeness (QED) is 0.231. The number of hydrazone groups is 1. The molecule has 204 valence electrons. The summed E-state index contributed by atoms with van der Waals surface area (Å²) < 4.78 is 5.29. The molecule has 13 nitrogen and oxygen atoms in total. The summed E-state index contributed by atoms with van der Waals surface area (Å²) in [7, 11) is 0. The van der Waals surface area contributed by atoms with E-state index in [1.54, 1.807) is 0 Å². The molecule has 0 saturated carbocycles. The lowest BCUT2D eigenvalue weighted by Crippen LogP contribution is -2.56. The van der Waals surface area contributed by atoms with Crippen molar-refractivity contribution in [3.05, 3.63) is 65.2 Å². The van der Waals surface area contributed by atoms with Crippen molar-refractivity contribution in [3.8, 4) is 0 Å². The minimum atomic E-state index is -1.22. The first-order chi connectivity index (χ1) is 18.7. The lowest BCUT2D eigenvalue weighted by atomic mass is 10.0. The fourth-order valence-corrected chi connectivity index (χ4v) is 4.68. The Balaban J connectivity index is 1.51. The summed E-state index contributed by atoms with van der Waals surface area (Å²) >= 11 is 0. The number of aryl methyl sites for hydroxylation is 1. The van der Waals surface area contributed by atoms with Gasteiger partial charge in [-0.2, -0.15) is 5.10 Å². The maximum Gasteiger partial charge on any atom is 0.408 e. The Morgan fingerprint density at radius 2 is 1.87 bits per heavy atom. The Kier molecular flexibility index (Phi) is 8.39. The van der Waals surface area contributed by atoms with Crippen LogP contribution in [0.1, 0.15) is 29.5 Å². The molecule has 3 atom stereocenters. The number of benzene rings is 2. The van der Waals surface area contributed by atoms with Gasteiger partial charge in [0.25, 0.3) is 0 Å². The maximum atomic E-state index is 13.7. The number of nitrogens with two attached hydrogens (primary N) is 1. The van der Waals surface area contributed by atoms with E-state index >= 15 is 0 Å². The lowest BCUT2D eigenvalue weighted by Gasteiger charge is -2.28. The fraction of sp³-hybridized carbons (Fsp3) is 0.308. The second-order valence-electron chi connectivity index (χ2n) is 9.12. The number of urea groups is 1. The average molecular weight is 537 g/mol. The van der Waals surface area contributed by atoms with E-state index < -0.39 is 54.5 Å². The molecule has 6 N–H and O–H groups in total. The predicted molar refractivity (Wildman–Crippen MR) is 139 cm³/mol. The number of carbonyl (C=O) groups is 5. The van der Waals surface area contributed by atoms with Crippen molar-refractivity contribution in [3.63, 3.8) is 0 Å². The van der Waals surface area contributed by atoms with Crippen LogP contribution in [-0.2, 0) is 38.6 Å². The van der Waals surface area contributed by atoms with Crippen molar-refractivity contribution < 1.29 is 33.8 Å². The third kappa shape index (κ3) is 6.69. The molecule has 2 aliphatic heterocycles. The molecule has 0 saturated heterocycles. The van der Waals surface area contributed by atoms with Crippen molar-refractivity contribution in [2.24, 2.45) is 10.8 Å². The maximum absolute atomic E-state index is 13.7. The number of primary amides is 1. The second-order valence-corrected chi connectivity index (χ2v) is 9.12. The topological polar surface area (TPSA) is 193 Å². The number of alkyl carbamates (subject to hydrolysis) is 1. The normalized spacial score (nSPS) is 18.6. The van der Waals surface area contributed by atoms with Crippen molar-refractivity contribution in [1.82, 2.24) is 16.1 Å². The van der Waals surface area contributed by atoms with Gasteiger partial charge in [0.1, 0.15) is 18.7 Å². The van der Waals surface area contributed by atoms with E-state index in [4.69, 9.17) is 10.5 Å². The monoisotopic (exact) mass is 536 g/mol. The SMILES string of the molecule is NC(=O)N/N=C/[C@@H](CC(=O)O)NC(=O)[C@@H]1Cc2cccc3c2N1C(=O)[C@@H](NC(=O)OCc1ccccc1)CC3. The van der Waals surface area contributed by atoms with E-state index in [1.807, 2.05) is 54.0 Å². The van der Waals surface area contributed by atoms with Crippen molar-refractivity contribution in [2.75, 3.05) is 4.90 Å². The number of nitrogens with one attached hydrogen (secondary N) is 3. The Hall–Kier alpha value is -4.94. The second kappa shape index (κ2) is 12.1. The van der Waals surface area contributed by atoms with E-state index in [0.29, 0.717) is 18.5 Å². The van der Waals surface area contributed by atoms with Crippen LogP contribution in [0, 0.1) is 0 Å². The number of nitrogens with zero attached hydrogens (tertiary/aromatic N) is 2. The van der Waals surface area contributed by atoms with Crippen LogP contribution < -0.4 is 26.7 Å². The number of anilines is 1. The number of carbonyl (C=O) groups excluding carboxylic acids is 4. The molecule has 39 heavy (non-hydrogen) atoms. The Morgan fingerprint density at radius 3 is 2.59 bits per heavy atom. The number of carboxylic acids is 1. The molecule has 2 aromatic carbocycles. The Bertz CT molecular complexity index is 1300. The van der Waals surface area contributed by atoms with E-state index in [1.165, 1.54) is 4.90 Å². The van der Waals surface area contributed by atoms with Gasteiger partial charge in [-0.3, -0.25) is 19.3 Å². The highest BCUT2D eigenvalue weighted by atomic mass is 16.5. The highest BCUT2D eigenvalue weighted by molar-refractivity contribution is 6.08. The van der Waals surface area contributed by atoms with Gasteiger partial charge in [-0.25, -0.2) is 15.0 Å². The third-order valence-corrected chi connectivity index (χ3v) is 6.37. The standard InChI is InChI=1S/C26H28N6O7/c27-25(37)31-28-13-18(12-21(33)34)29-23(35)20-11-17-8-4-7-16-9-10-19(24(36)32(20)22(16)17)30-26(38)39-14-15-5-2-1-3-6-15/h1-8,13,18-20H,9-12,14H2,(H,29,35)(H,30,38)(H,33,34)(H3,27,31,37)/b28-13+/t18-,19+,20+/m1/s1. The van der Waals surface area contributed by atoms with E-state index in [2.05, 4.69) is 15.7 Å². The van der Waals surface area contributed by atoms with Crippen LogP contribution in [-0.4, -0.2) is 59.4 Å². The smallest absolute Gasteiger partial charge is 0.408 e. The zero-order chi connectivity index (χ0) is 27.9. The molecule has 5 amide bonds. The first-order valence-corrected chi connectivity index (χ1v) is 12.2. The Labute approximate surface area is 223 Å². The highest BCUT2D eigenvalue weighted by Gasteiger charge is 2.44. The third-order valence-electron chi connectivity index (χ3n) is 6.37. The minimum Gasteiger partial charge on any atom is -0.481 e. The van der Waals surface area contributed by atoms with E-state index in [9.17, 15) is 29.1 Å². The first kappa shape index (κ1) is 27.1. The molecule has 0 radical (unpaired) electrons. The molecular weight excluding hydrogens is 508 g/mol. The summed E-state index contributed by atoms with van der Waals surface area (Å²) in [6.45, 7) is 0.0316. The van der Waals surface area contributed by atoms with Crippen LogP contribution in [0.3, 0.4) is 0 Å². The summed E-state index contributed by atoms with van der Waals surface area (Å²) in [4.78, 5) is 63.2. The molecule has 0 unspecified atom stereocenters. The van der Waals surface area contributed by atoms with Gasteiger partial charge in [-0.15, -0.1) is 0 Å². The molecular formula is C26H28N6O7. The molecule has 0 spiro atoms. The number of hydrogen-bond acceptors (Lipinski definition) is 7. The van der Waals surface area contributed by atoms with Gasteiger partial charge >= 0.3 is 18.1 Å². The molecule has 2 aliphatic rings. The molecule has 0 bridgehead atoms. The van der Waals surface area contributed by atoms with Crippen molar-refractivity contribution >= 4 is 41.8 Å². The first-order valence-electron chi connectivity index (χ1n) is 12.2. The van der Waals surface area contributed by atoms with Gasteiger partial charge in [0.05, 0.1) is 18.2 Å². The van der Waals surface area contributed by atoms with Crippen molar-refractivity contribution in [2.45, 2.75) is 50.4 Å². The number of para-hydroxylation sites is 1. The van der Waals surface area contributed by atoms with Crippen molar-refractivity contribution in [1.29, 1.82) is 0 Å². The highest BCUT2D eigenvalue weighted by Crippen LogP contribution is 2.39. The van der Waals surface area contributed by atoms with Crippen LogP contribution >= 0.6 is 0 Å². The number of amides is 5. The zero-order valence-electron chi connectivity index (χ0n) is 20.8. The predicted octanol–water partition coefficient (Wildman–Crippen LogP) is 0.799. The largest absolute Gasteiger partial charge is 0.481 e. The molecule has 0 aliphatic carbocycles. The Morgan fingerprint density at radius 1 is 1.13 bits per heavy atom. The van der Waals surface area contributed by atoms with E-state index in [-0.39, 0.29) is 13.0 Å². The zero-order valence-corrected chi connectivity index (χ0v) is 20.8. The number of hydrogen-bond donors (Lipinski definition) is 5. The molecule has 4 rings (SSSR count). The number of carboxylic acid groups (broad SMARTS) is 1. The van der Waals surface area contributed by atoms with Gasteiger partial charge < -0.3 is 26.2 Å². The van der Waals surface area contributed by atoms with Crippen LogP contribution in [0.15, 0.2) is 53.6 Å². The van der Waals surface area contributed by atoms with Gasteiger partial charge in [0.15, 0.2) is 0 Å². The molecule has 0 fully saturated rings. The number of rotatable bonds is 9. The van der Waals surface area contributed by atoms with Gasteiger partial charge in [-0.05, 0) is 29.5 Å². The number of aliphatic carboxylic acids is 1. The molecule has 13 heteroatoms. The minimum absolute atomic E-state index is 0.0316. The van der Waals surface area contributed by atoms with Gasteiger partial charge in [0.2, 0.25) is 11.8 Å².